The molecule has 0 bridgehead atoms. The highest BCUT2D eigenvalue weighted by Gasteiger charge is 2.19. The van der Waals surface area contributed by atoms with E-state index >= 15 is 0 Å². The van der Waals surface area contributed by atoms with E-state index < -0.39 is 0 Å². The average molecular weight is 405 g/mol. The van der Waals surface area contributed by atoms with Crippen molar-refractivity contribution < 1.29 is 4.79 Å². The van der Waals surface area contributed by atoms with Crippen LogP contribution in [0.25, 0.3) is 0 Å². The first-order valence-electron chi connectivity index (χ1n) is 9.24. The summed E-state index contributed by atoms with van der Waals surface area (Å²) < 4.78 is 0. The molecule has 1 aliphatic rings. The fourth-order valence-corrected chi connectivity index (χ4v) is 3.88. The third-order valence-electron chi connectivity index (χ3n) is 4.99. The molecule has 0 radical (unpaired) electrons. The summed E-state index contributed by atoms with van der Waals surface area (Å²) in [6, 6.07) is 8.88. The molecule has 1 aliphatic heterocycles. The van der Waals surface area contributed by atoms with Gasteiger partial charge in [-0.25, -0.2) is 9.97 Å². The van der Waals surface area contributed by atoms with E-state index in [1.54, 1.807) is 0 Å². The maximum Gasteiger partial charge on any atom is 0.271 e. The topological polar surface area (TPSA) is 58.1 Å². The number of halogens is 1. The Hall–Kier alpha value is -1.63. The lowest BCUT2D eigenvalue weighted by Crippen LogP contribution is -2.37. The fourth-order valence-electron chi connectivity index (χ4n) is 3.36. The lowest BCUT2D eigenvalue weighted by molar-refractivity contribution is 0.0944. The highest BCUT2D eigenvalue weighted by Crippen LogP contribution is 2.21. The maximum absolute atomic E-state index is 12.6. The zero-order chi connectivity index (χ0) is 19.2. The van der Waals surface area contributed by atoms with Crippen molar-refractivity contribution in [1.82, 2.24) is 20.2 Å². The van der Waals surface area contributed by atoms with Gasteiger partial charge >= 0.3 is 0 Å². The number of benzene rings is 1. The summed E-state index contributed by atoms with van der Waals surface area (Å²) in [4.78, 5) is 23.4. The molecule has 7 heteroatoms. The normalized spacial score (nSPS) is 17.7. The van der Waals surface area contributed by atoms with Crippen molar-refractivity contribution in [3.8, 4) is 0 Å². The molecule has 144 valence electrons. The monoisotopic (exact) mass is 404 g/mol. The minimum Gasteiger partial charge on any atom is -0.347 e. The SMILES string of the molecule is CSc1ncc(Cl)c(C(=O)NCc2ccccc2CN2CCCCC2C)n1. The molecule has 1 fully saturated rings. The largest absolute Gasteiger partial charge is 0.347 e. The van der Waals surface area contributed by atoms with E-state index in [0.29, 0.717) is 17.7 Å². The standard InChI is InChI=1S/C20H25ClN4OS/c1-14-7-5-6-10-25(14)13-16-9-4-3-8-15(16)11-22-19(26)18-17(21)12-23-20(24-18)27-2/h3-4,8-9,12,14H,5-7,10-11,13H2,1-2H3,(H,22,26). The van der Waals surface area contributed by atoms with Gasteiger partial charge in [-0.3, -0.25) is 9.69 Å². The van der Waals surface area contributed by atoms with Gasteiger partial charge in [-0.15, -0.1) is 0 Å². The van der Waals surface area contributed by atoms with Crippen LogP contribution < -0.4 is 5.32 Å². The molecule has 1 aromatic heterocycles. The third-order valence-corrected chi connectivity index (χ3v) is 5.83. The first-order chi connectivity index (χ1) is 13.1. The molecule has 2 aromatic rings. The van der Waals surface area contributed by atoms with E-state index in [1.807, 2.05) is 12.3 Å². The van der Waals surface area contributed by atoms with Crippen LogP contribution in [0.4, 0.5) is 0 Å². The number of hydrogen-bond donors (Lipinski definition) is 1. The number of piperidine rings is 1. The summed E-state index contributed by atoms with van der Waals surface area (Å²) in [5, 5.41) is 3.75. The molecule has 3 rings (SSSR count). The van der Waals surface area contributed by atoms with E-state index in [1.165, 1.54) is 42.8 Å². The van der Waals surface area contributed by atoms with Crippen LogP contribution in [0, 0.1) is 0 Å². The van der Waals surface area contributed by atoms with Crippen molar-refractivity contribution in [2.75, 3.05) is 12.8 Å². The smallest absolute Gasteiger partial charge is 0.271 e. The van der Waals surface area contributed by atoms with Crippen molar-refractivity contribution in [2.24, 2.45) is 0 Å². The first-order valence-corrected chi connectivity index (χ1v) is 10.8. The van der Waals surface area contributed by atoms with E-state index in [4.69, 9.17) is 11.6 Å². The summed E-state index contributed by atoms with van der Waals surface area (Å²) in [5.74, 6) is -0.279. The second kappa shape index (κ2) is 9.53. The Balaban J connectivity index is 1.68. The number of nitrogens with zero attached hydrogens (tertiary/aromatic N) is 3. The molecule has 1 aromatic carbocycles. The minimum absolute atomic E-state index is 0.221. The Morgan fingerprint density at radius 2 is 2.11 bits per heavy atom. The first kappa shape index (κ1) is 20.1. The van der Waals surface area contributed by atoms with Crippen LogP contribution in [-0.4, -0.2) is 39.6 Å². The predicted molar refractivity (Wildman–Crippen MR) is 110 cm³/mol. The van der Waals surface area contributed by atoms with E-state index in [2.05, 4.69) is 45.3 Å². The van der Waals surface area contributed by atoms with E-state index in [-0.39, 0.29) is 16.6 Å². The predicted octanol–water partition coefficient (Wildman–Crippen LogP) is 4.16. The highest BCUT2D eigenvalue weighted by molar-refractivity contribution is 7.98. The van der Waals surface area contributed by atoms with E-state index in [9.17, 15) is 4.79 Å². The number of thioether (sulfide) groups is 1. The van der Waals surface area contributed by atoms with Gasteiger partial charge in [-0.2, -0.15) is 0 Å². The summed E-state index contributed by atoms with van der Waals surface area (Å²) in [7, 11) is 0. The van der Waals surface area contributed by atoms with Crippen LogP contribution >= 0.6 is 23.4 Å². The van der Waals surface area contributed by atoms with Crippen molar-refractivity contribution in [3.05, 3.63) is 52.3 Å². The lowest BCUT2D eigenvalue weighted by Gasteiger charge is -2.33. The number of likely N-dealkylation sites (tertiary alicyclic amines) is 1. The Kier molecular flexibility index (Phi) is 7.10. The molecule has 1 unspecified atom stereocenters. The second-order valence-electron chi connectivity index (χ2n) is 6.82. The Bertz CT molecular complexity index is 801. The molecule has 0 spiro atoms. The number of hydrogen-bond acceptors (Lipinski definition) is 5. The van der Waals surface area contributed by atoms with Crippen LogP contribution in [0.1, 0.15) is 47.8 Å². The van der Waals surface area contributed by atoms with Gasteiger partial charge in [0.25, 0.3) is 5.91 Å². The fraction of sp³-hybridized carbons (Fsp3) is 0.450. The van der Waals surface area contributed by atoms with Crippen LogP contribution in [0.2, 0.25) is 5.02 Å². The Labute approximate surface area is 169 Å². The highest BCUT2D eigenvalue weighted by atomic mass is 35.5. The molecule has 27 heavy (non-hydrogen) atoms. The van der Waals surface area contributed by atoms with Crippen molar-refractivity contribution >= 4 is 29.3 Å². The number of aromatic nitrogens is 2. The Morgan fingerprint density at radius 3 is 2.85 bits per heavy atom. The average Bonchev–Trinajstić information content (AvgIpc) is 2.69. The van der Waals surface area contributed by atoms with Gasteiger partial charge in [0.1, 0.15) is 0 Å². The molecule has 1 amide bonds. The molecular weight excluding hydrogens is 380 g/mol. The molecule has 5 nitrogen and oxygen atoms in total. The van der Waals surface area contributed by atoms with Crippen LogP contribution in [-0.2, 0) is 13.1 Å². The quantitative estimate of drug-likeness (QED) is 0.578. The summed E-state index contributed by atoms with van der Waals surface area (Å²) in [5.41, 5.74) is 2.60. The van der Waals surface area contributed by atoms with Gasteiger partial charge in [0.15, 0.2) is 10.9 Å². The number of rotatable bonds is 6. The van der Waals surface area contributed by atoms with Crippen LogP contribution in [0.3, 0.4) is 0 Å². The molecule has 1 N–H and O–H groups in total. The van der Waals surface area contributed by atoms with Gasteiger partial charge in [0, 0.05) is 19.1 Å². The number of carbonyl (C=O) groups excluding carboxylic acids is 1. The summed E-state index contributed by atoms with van der Waals surface area (Å²) in [6.07, 6.45) is 7.16. The zero-order valence-corrected chi connectivity index (χ0v) is 17.3. The van der Waals surface area contributed by atoms with E-state index in [0.717, 1.165) is 18.7 Å². The van der Waals surface area contributed by atoms with Crippen molar-refractivity contribution in [2.45, 2.75) is 50.5 Å². The maximum atomic E-state index is 12.6. The van der Waals surface area contributed by atoms with Gasteiger partial charge in [0.2, 0.25) is 0 Å². The number of carbonyl (C=O) groups is 1. The van der Waals surface area contributed by atoms with Gasteiger partial charge in [-0.1, -0.05) is 54.0 Å². The molecular formula is C20H25ClN4OS. The Morgan fingerprint density at radius 1 is 1.33 bits per heavy atom. The van der Waals surface area contributed by atoms with Crippen molar-refractivity contribution in [3.63, 3.8) is 0 Å². The minimum atomic E-state index is -0.279. The number of nitrogens with one attached hydrogen (secondary N) is 1. The van der Waals surface area contributed by atoms with Crippen molar-refractivity contribution in [1.29, 1.82) is 0 Å². The van der Waals surface area contributed by atoms with Gasteiger partial charge < -0.3 is 5.32 Å². The molecule has 1 atom stereocenters. The zero-order valence-electron chi connectivity index (χ0n) is 15.7. The third kappa shape index (κ3) is 5.21. The molecule has 0 aliphatic carbocycles. The molecule has 1 saturated heterocycles. The summed E-state index contributed by atoms with van der Waals surface area (Å²) in [6.45, 7) is 4.80. The molecule has 2 heterocycles. The van der Waals surface area contributed by atoms with Crippen LogP contribution in [0.5, 0.6) is 0 Å². The van der Waals surface area contributed by atoms with Gasteiger partial charge in [-0.05, 0) is 43.7 Å². The second-order valence-corrected chi connectivity index (χ2v) is 8.00. The lowest BCUT2D eigenvalue weighted by atomic mass is 10.0. The molecule has 0 saturated carbocycles. The summed E-state index contributed by atoms with van der Waals surface area (Å²) >= 11 is 7.48. The van der Waals surface area contributed by atoms with Crippen LogP contribution in [0.15, 0.2) is 35.6 Å². The van der Waals surface area contributed by atoms with Gasteiger partial charge in [0.05, 0.1) is 11.2 Å². The number of amides is 1.